The molecule has 5 heterocycles. The second-order valence-corrected chi connectivity index (χ2v) is 17.2. The van der Waals surface area contributed by atoms with E-state index in [1.807, 2.05) is 69.3 Å². The molecule has 15 nitrogen and oxygen atoms in total. The van der Waals surface area contributed by atoms with Crippen molar-refractivity contribution in [3.8, 4) is 0 Å². The molecule has 4 N–H and O–H groups in total. The van der Waals surface area contributed by atoms with E-state index in [1.54, 1.807) is 36.4 Å². The number of aryl methyl sites for hydroxylation is 4. The molecule has 1 saturated heterocycles. The first-order valence-electron chi connectivity index (χ1n) is 22.2. The van der Waals surface area contributed by atoms with Crippen molar-refractivity contribution in [2.24, 2.45) is 0 Å². The molecule has 9 rings (SSSR count). The molecule has 350 valence electrons. The van der Waals surface area contributed by atoms with E-state index in [4.69, 9.17) is 36.8 Å². The van der Waals surface area contributed by atoms with Crippen molar-refractivity contribution in [3.05, 3.63) is 173 Å². The molecule has 0 unspecified atom stereocenters. The summed E-state index contributed by atoms with van der Waals surface area (Å²) in [6.45, 7) is 9.67. The second kappa shape index (κ2) is 20.8. The molecule has 0 radical (unpaired) electrons. The summed E-state index contributed by atoms with van der Waals surface area (Å²) in [7, 11) is 0. The fourth-order valence-electron chi connectivity index (χ4n) is 8.06. The lowest BCUT2D eigenvalue weighted by Gasteiger charge is -2.23. The van der Waals surface area contributed by atoms with Gasteiger partial charge in [-0.15, -0.1) is 0 Å². The number of aromatic carboxylic acids is 1. The molecule has 8 aromatic rings. The molecular formula is C51H49Cl2N7O8. The van der Waals surface area contributed by atoms with E-state index in [9.17, 15) is 24.3 Å². The summed E-state index contributed by atoms with van der Waals surface area (Å²) in [6.07, 6.45) is 5.45. The van der Waals surface area contributed by atoms with Gasteiger partial charge in [-0.2, -0.15) is 0 Å². The van der Waals surface area contributed by atoms with Crippen LogP contribution in [0.1, 0.15) is 81.2 Å². The van der Waals surface area contributed by atoms with Crippen LogP contribution < -0.4 is 27.1 Å². The first-order valence-corrected chi connectivity index (χ1v) is 22.9. The van der Waals surface area contributed by atoms with Crippen LogP contribution in [0.5, 0.6) is 0 Å². The van der Waals surface area contributed by atoms with Crippen molar-refractivity contribution >= 4 is 80.3 Å². The van der Waals surface area contributed by atoms with E-state index in [0.717, 1.165) is 80.4 Å². The molecule has 1 fully saturated rings. The highest BCUT2D eigenvalue weighted by Gasteiger charge is 2.23. The van der Waals surface area contributed by atoms with Gasteiger partial charge < -0.3 is 34.6 Å². The molecule has 0 atom stereocenters. The van der Waals surface area contributed by atoms with Gasteiger partial charge in [0.15, 0.2) is 0 Å². The number of hydrogen-bond donors (Lipinski definition) is 4. The van der Waals surface area contributed by atoms with E-state index in [0.29, 0.717) is 47.7 Å². The van der Waals surface area contributed by atoms with E-state index in [-0.39, 0.29) is 30.6 Å². The molecule has 1 aliphatic heterocycles. The lowest BCUT2D eigenvalue weighted by Crippen LogP contribution is -2.42. The molecular weight excluding hydrogens is 910 g/mol. The van der Waals surface area contributed by atoms with Gasteiger partial charge in [-0.1, -0.05) is 61.3 Å². The predicted octanol–water partition coefficient (Wildman–Crippen LogP) is 10.2. The predicted molar refractivity (Wildman–Crippen MR) is 264 cm³/mol. The van der Waals surface area contributed by atoms with Gasteiger partial charge in [-0.25, -0.2) is 14.8 Å². The number of nitrogens with one attached hydrogen (secondary N) is 3. The third-order valence-corrected chi connectivity index (χ3v) is 12.4. The summed E-state index contributed by atoms with van der Waals surface area (Å²) in [5.41, 5.74) is 5.39. The van der Waals surface area contributed by atoms with Gasteiger partial charge in [0.2, 0.25) is 11.9 Å². The highest BCUT2D eigenvalue weighted by molar-refractivity contribution is 6.30. The summed E-state index contributed by atoms with van der Waals surface area (Å²) in [4.78, 5) is 59.6. The van der Waals surface area contributed by atoms with E-state index in [1.165, 1.54) is 15.3 Å². The van der Waals surface area contributed by atoms with Crippen LogP contribution in [0.25, 0.3) is 21.9 Å². The number of aromatic nitrogens is 4. The minimum Gasteiger partial charge on any atom is -0.477 e. The number of ether oxygens (including phenoxy) is 1. The number of fused-ring (bicyclic) bond motifs is 2. The topological polar surface area (TPSA) is 196 Å². The van der Waals surface area contributed by atoms with Gasteiger partial charge in [-0.3, -0.25) is 23.5 Å². The zero-order valence-electron chi connectivity index (χ0n) is 37.8. The molecule has 1 aliphatic rings. The lowest BCUT2D eigenvalue weighted by atomic mass is 10.1. The van der Waals surface area contributed by atoms with Crippen molar-refractivity contribution in [2.75, 3.05) is 23.8 Å². The van der Waals surface area contributed by atoms with Gasteiger partial charge in [0.1, 0.15) is 33.8 Å². The normalized spacial score (nSPS) is 12.7. The van der Waals surface area contributed by atoms with Crippen LogP contribution in [0, 0.1) is 13.8 Å². The van der Waals surface area contributed by atoms with Crippen LogP contribution in [0.3, 0.4) is 0 Å². The number of amides is 1. The van der Waals surface area contributed by atoms with Gasteiger partial charge in [0.25, 0.3) is 17.0 Å². The van der Waals surface area contributed by atoms with Crippen LogP contribution in [0.4, 0.5) is 23.3 Å². The smallest absolute Gasteiger partial charge is 0.342 e. The average Bonchev–Trinajstić information content (AvgIpc) is 3.84. The maximum atomic E-state index is 13.6. The molecule has 0 aliphatic carbocycles. The Kier molecular flexibility index (Phi) is 14.4. The van der Waals surface area contributed by atoms with Crippen LogP contribution >= 0.6 is 23.2 Å². The number of carboxylic acids is 1. The SMILES string of the molecule is CCc1oc2ccc(Nc3ncc(C(=O)NC4CCOCC4)c(=O)n3Cc3ccc(Cl)cc3)cc2c1C.CCc1oc2ccc(Nc3ncc(C(=O)O)c(=O)n3Cc3ccc(Cl)cc3)cc2c1C. The standard InChI is InChI=1S/C28H29ClN4O4.C23H20ClN3O4/c1-3-24-17(2)22-14-21(8-9-25(22)37-24)32-28-30-15-23(26(34)31-20-10-12-36-13-11-20)27(35)33(28)16-18-4-6-19(29)7-5-18;1-3-19-13(2)17-10-16(8-9-20(17)31-19)26-23-25-11-18(22(29)30)21(28)27(23)12-14-4-6-15(24)7-5-14/h4-9,14-15,20H,3,10-13,16H2,1-2H3,(H,30,32)(H,31,34);4-11H,3,12H2,1-2H3,(H,25,26)(H,29,30). The van der Waals surface area contributed by atoms with Crippen LogP contribution in [-0.4, -0.2) is 55.3 Å². The van der Waals surface area contributed by atoms with Crippen molar-refractivity contribution < 1.29 is 28.3 Å². The second-order valence-electron chi connectivity index (χ2n) is 16.4. The number of nitrogens with zero attached hydrogens (tertiary/aromatic N) is 4. The van der Waals surface area contributed by atoms with Gasteiger partial charge >= 0.3 is 5.97 Å². The lowest BCUT2D eigenvalue weighted by molar-refractivity contribution is 0.0686. The molecule has 0 saturated carbocycles. The summed E-state index contributed by atoms with van der Waals surface area (Å²) in [6, 6.07) is 25.6. The van der Waals surface area contributed by atoms with Crippen molar-refractivity contribution in [1.82, 2.24) is 24.4 Å². The number of hydrogen-bond acceptors (Lipinski definition) is 11. The Labute approximate surface area is 400 Å². The number of benzene rings is 4. The van der Waals surface area contributed by atoms with Gasteiger partial charge in [-0.05, 0) is 110 Å². The molecule has 4 aromatic heterocycles. The van der Waals surface area contributed by atoms with Crippen molar-refractivity contribution in [3.63, 3.8) is 0 Å². The van der Waals surface area contributed by atoms with Crippen LogP contribution in [0.15, 0.2) is 116 Å². The quantitative estimate of drug-likeness (QED) is 0.0855. The zero-order valence-corrected chi connectivity index (χ0v) is 39.3. The maximum Gasteiger partial charge on any atom is 0.342 e. The van der Waals surface area contributed by atoms with E-state index >= 15 is 0 Å². The Morgan fingerprint density at radius 2 is 1.12 bits per heavy atom. The first kappa shape index (κ1) is 47.3. The Hall–Kier alpha value is -7.20. The van der Waals surface area contributed by atoms with Crippen LogP contribution in [0.2, 0.25) is 10.0 Å². The third kappa shape index (κ3) is 10.5. The Morgan fingerprint density at radius 3 is 1.56 bits per heavy atom. The largest absolute Gasteiger partial charge is 0.477 e. The Morgan fingerprint density at radius 1 is 0.676 bits per heavy atom. The number of anilines is 4. The summed E-state index contributed by atoms with van der Waals surface area (Å²) in [5, 5.41) is 21.9. The fourth-order valence-corrected chi connectivity index (χ4v) is 8.31. The number of carbonyl (C=O) groups excluding carboxylic acids is 1. The number of furan rings is 2. The summed E-state index contributed by atoms with van der Waals surface area (Å²) >= 11 is 12.0. The first-order chi connectivity index (χ1) is 32.8. The molecule has 4 aromatic carbocycles. The van der Waals surface area contributed by atoms with Gasteiger partial charge in [0, 0.05) is 70.5 Å². The minimum absolute atomic E-state index is 0.000255. The highest BCUT2D eigenvalue weighted by atomic mass is 35.5. The van der Waals surface area contributed by atoms with E-state index < -0.39 is 28.6 Å². The Bertz CT molecular complexity index is 3260. The van der Waals surface area contributed by atoms with Crippen LogP contribution in [-0.2, 0) is 30.7 Å². The average molecular weight is 959 g/mol. The monoisotopic (exact) mass is 957 g/mol. The van der Waals surface area contributed by atoms with Crippen molar-refractivity contribution in [2.45, 2.75) is 72.5 Å². The molecule has 68 heavy (non-hydrogen) atoms. The number of halogens is 2. The molecule has 0 spiro atoms. The molecule has 1 amide bonds. The minimum atomic E-state index is -1.32. The summed E-state index contributed by atoms with van der Waals surface area (Å²) < 4.78 is 19.9. The highest BCUT2D eigenvalue weighted by Crippen LogP contribution is 2.31. The molecule has 17 heteroatoms. The van der Waals surface area contributed by atoms with E-state index in [2.05, 4.69) is 32.8 Å². The molecule has 0 bridgehead atoms. The van der Waals surface area contributed by atoms with Crippen molar-refractivity contribution in [1.29, 1.82) is 0 Å². The number of rotatable bonds is 13. The zero-order chi connectivity index (χ0) is 48.1. The Balaban J connectivity index is 0.000000187. The summed E-state index contributed by atoms with van der Waals surface area (Å²) in [5.74, 6) is 0.695. The number of carbonyl (C=O) groups is 2. The van der Waals surface area contributed by atoms with Gasteiger partial charge in [0.05, 0.1) is 19.3 Å². The third-order valence-electron chi connectivity index (χ3n) is 11.9. The fraction of sp³-hybridized carbons (Fsp3) is 0.255. The maximum absolute atomic E-state index is 13.6. The number of carboxylic acid groups (broad SMARTS) is 1.